The van der Waals surface area contributed by atoms with Gasteiger partial charge in [-0.3, -0.25) is 9.89 Å². The normalized spacial score (nSPS) is 11.4. The Balaban J connectivity index is 1.40. The number of aromatic nitrogens is 6. The average molecular weight is 486 g/mol. The van der Waals surface area contributed by atoms with Gasteiger partial charge < -0.3 is 5.32 Å². The Morgan fingerprint density at radius 1 is 1.06 bits per heavy atom. The molecule has 0 fully saturated rings. The molecule has 2 N–H and O–H groups in total. The monoisotopic (exact) mass is 485 g/mol. The van der Waals surface area contributed by atoms with Crippen LogP contribution in [0.25, 0.3) is 38.7 Å². The molecule has 6 aromatic rings. The van der Waals surface area contributed by atoms with Gasteiger partial charge in [-0.05, 0) is 30.3 Å². The van der Waals surface area contributed by atoms with Crippen LogP contribution in [-0.2, 0) is 4.79 Å². The summed E-state index contributed by atoms with van der Waals surface area (Å²) in [5.74, 6) is 0.0767. The Hall–Kier alpha value is -3.95. The number of fused-ring (bicyclic) bond motifs is 5. The number of thioether (sulfide) groups is 1. The van der Waals surface area contributed by atoms with Crippen molar-refractivity contribution in [1.29, 1.82) is 0 Å². The number of amides is 1. The number of H-pyrrole nitrogens is 1. The van der Waals surface area contributed by atoms with E-state index in [-0.39, 0.29) is 11.7 Å². The van der Waals surface area contributed by atoms with Gasteiger partial charge in [-0.25, -0.2) is 14.5 Å². The van der Waals surface area contributed by atoms with Gasteiger partial charge in [0.25, 0.3) is 0 Å². The van der Waals surface area contributed by atoms with Crippen LogP contribution in [0.15, 0.2) is 78.2 Å². The lowest BCUT2D eigenvalue weighted by molar-refractivity contribution is -0.113. The van der Waals surface area contributed by atoms with Gasteiger partial charge in [-0.15, -0.1) is 0 Å². The lowest BCUT2D eigenvalue weighted by Gasteiger charge is -2.08. The topological polar surface area (TPSA) is 101 Å². The molecule has 0 spiro atoms. The molecule has 6 rings (SSSR count). The molecule has 0 saturated heterocycles. The zero-order chi connectivity index (χ0) is 23.1. The first-order chi connectivity index (χ1) is 16.7. The largest absolute Gasteiger partial charge is 0.325 e. The van der Waals surface area contributed by atoms with E-state index in [9.17, 15) is 4.79 Å². The predicted molar refractivity (Wildman–Crippen MR) is 134 cm³/mol. The van der Waals surface area contributed by atoms with Crippen molar-refractivity contribution in [1.82, 2.24) is 29.8 Å². The van der Waals surface area contributed by atoms with Crippen LogP contribution in [0, 0.1) is 0 Å². The first kappa shape index (κ1) is 20.6. The number of carbonyl (C=O) groups is 1. The number of anilines is 1. The molecule has 0 bridgehead atoms. The standard InChI is InChI=1S/C24H16ClN7OS/c25-15-7-5-14(6-8-15)22-17-3-1-2-4-18(17)23-29-19-11-16(9-10-20(19)32(23)31-22)28-21(33)12-34-24-26-13-27-30-24/h1-11,13H,12H2,(H,28,33)(H,26,27,30). The summed E-state index contributed by atoms with van der Waals surface area (Å²) in [5.41, 5.74) is 4.84. The second kappa shape index (κ2) is 8.44. The summed E-state index contributed by atoms with van der Waals surface area (Å²) >= 11 is 7.38. The van der Waals surface area contributed by atoms with Crippen LogP contribution in [-0.4, -0.2) is 41.4 Å². The molecular formula is C24H16ClN7OS. The lowest BCUT2D eigenvalue weighted by Crippen LogP contribution is -2.14. The highest BCUT2D eigenvalue weighted by molar-refractivity contribution is 7.99. The van der Waals surface area contributed by atoms with Crippen molar-refractivity contribution in [2.24, 2.45) is 0 Å². The fourth-order valence-electron chi connectivity index (χ4n) is 3.88. The van der Waals surface area contributed by atoms with Crippen molar-refractivity contribution in [2.75, 3.05) is 11.1 Å². The molecule has 0 radical (unpaired) electrons. The van der Waals surface area contributed by atoms with Gasteiger partial charge in [-0.2, -0.15) is 10.2 Å². The molecule has 0 atom stereocenters. The third kappa shape index (κ3) is 3.74. The van der Waals surface area contributed by atoms with E-state index < -0.39 is 0 Å². The van der Waals surface area contributed by atoms with Crippen molar-refractivity contribution in [3.63, 3.8) is 0 Å². The Labute approximate surface area is 202 Å². The number of benzene rings is 3. The van der Waals surface area contributed by atoms with Crippen LogP contribution < -0.4 is 5.32 Å². The second-order valence-corrected chi connectivity index (χ2v) is 8.98. The maximum Gasteiger partial charge on any atom is 0.234 e. The third-order valence-electron chi connectivity index (χ3n) is 5.39. The van der Waals surface area contributed by atoms with Gasteiger partial charge in [0.2, 0.25) is 5.91 Å². The van der Waals surface area contributed by atoms with Gasteiger partial charge in [-0.1, -0.05) is 59.8 Å². The molecule has 10 heteroatoms. The van der Waals surface area contributed by atoms with E-state index in [1.54, 1.807) is 0 Å². The smallest absolute Gasteiger partial charge is 0.234 e. The van der Waals surface area contributed by atoms with Crippen molar-refractivity contribution < 1.29 is 4.79 Å². The van der Waals surface area contributed by atoms with Crippen LogP contribution >= 0.6 is 23.4 Å². The zero-order valence-electron chi connectivity index (χ0n) is 17.6. The number of hydrogen-bond donors (Lipinski definition) is 2. The van der Waals surface area contributed by atoms with E-state index in [1.165, 1.54) is 18.1 Å². The minimum absolute atomic E-state index is 0.141. The van der Waals surface area contributed by atoms with Gasteiger partial charge in [0, 0.05) is 27.0 Å². The highest BCUT2D eigenvalue weighted by atomic mass is 35.5. The van der Waals surface area contributed by atoms with E-state index in [2.05, 4.69) is 20.5 Å². The summed E-state index contributed by atoms with van der Waals surface area (Å²) in [6.07, 6.45) is 1.41. The fraction of sp³-hybridized carbons (Fsp3) is 0.0417. The molecule has 0 aliphatic heterocycles. The quantitative estimate of drug-likeness (QED) is 0.325. The molecule has 34 heavy (non-hydrogen) atoms. The summed E-state index contributed by atoms with van der Waals surface area (Å²) in [6.45, 7) is 0. The van der Waals surface area contributed by atoms with Crippen LogP contribution in [0.2, 0.25) is 5.02 Å². The fourth-order valence-corrected chi connectivity index (χ4v) is 4.58. The van der Waals surface area contributed by atoms with E-state index in [4.69, 9.17) is 21.7 Å². The average Bonchev–Trinajstić information content (AvgIpc) is 3.50. The molecular weight excluding hydrogens is 470 g/mol. The van der Waals surface area contributed by atoms with Gasteiger partial charge in [0.15, 0.2) is 10.8 Å². The molecule has 3 aromatic heterocycles. The predicted octanol–water partition coefficient (Wildman–Crippen LogP) is 5.21. The summed E-state index contributed by atoms with van der Waals surface area (Å²) in [5, 5.41) is 17.6. The molecule has 3 heterocycles. The van der Waals surface area contributed by atoms with Crippen molar-refractivity contribution in [3.8, 4) is 11.3 Å². The van der Waals surface area contributed by atoms with Crippen LogP contribution in [0.1, 0.15) is 0 Å². The minimum Gasteiger partial charge on any atom is -0.325 e. The highest BCUT2D eigenvalue weighted by Gasteiger charge is 2.15. The SMILES string of the molecule is O=C(CSc1ncn[nH]1)Nc1ccc2c(c1)nc1c3ccccc3c(-c3ccc(Cl)cc3)nn21. The molecule has 1 amide bonds. The minimum atomic E-state index is -0.141. The van der Waals surface area contributed by atoms with E-state index in [1.807, 2.05) is 71.2 Å². The van der Waals surface area contributed by atoms with Crippen molar-refractivity contribution >= 4 is 62.4 Å². The maximum absolute atomic E-state index is 12.4. The summed E-state index contributed by atoms with van der Waals surface area (Å²) in [6, 6.07) is 21.4. The van der Waals surface area contributed by atoms with Crippen LogP contribution in [0.3, 0.4) is 0 Å². The number of carbonyl (C=O) groups excluding carboxylic acids is 1. The molecule has 0 aliphatic carbocycles. The van der Waals surface area contributed by atoms with Crippen LogP contribution in [0.5, 0.6) is 0 Å². The third-order valence-corrected chi connectivity index (χ3v) is 6.52. The van der Waals surface area contributed by atoms with Gasteiger partial charge in [0.1, 0.15) is 6.33 Å². The summed E-state index contributed by atoms with van der Waals surface area (Å²) in [4.78, 5) is 21.2. The molecule has 8 nitrogen and oxygen atoms in total. The summed E-state index contributed by atoms with van der Waals surface area (Å²) < 4.78 is 1.85. The maximum atomic E-state index is 12.4. The molecule has 166 valence electrons. The number of rotatable bonds is 5. The zero-order valence-corrected chi connectivity index (χ0v) is 19.1. The number of imidazole rings is 1. The first-order valence-corrected chi connectivity index (χ1v) is 11.8. The number of hydrogen-bond acceptors (Lipinski definition) is 6. The van der Waals surface area contributed by atoms with Crippen molar-refractivity contribution in [2.45, 2.75) is 5.16 Å². The Kier molecular flexibility index (Phi) is 5.12. The van der Waals surface area contributed by atoms with E-state index in [0.717, 1.165) is 38.7 Å². The molecule has 0 aliphatic rings. The number of nitrogens with zero attached hydrogens (tertiary/aromatic N) is 5. The summed E-state index contributed by atoms with van der Waals surface area (Å²) in [7, 11) is 0. The molecule has 0 unspecified atom stereocenters. The first-order valence-electron chi connectivity index (χ1n) is 10.4. The number of halogens is 1. The van der Waals surface area contributed by atoms with Crippen LogP contribution in [0.4, 0.5) is 5.69 Å². The second-order valence-electron chi connectivity index (χ2n) is 7.58. The lowest BCUT2D eigenvalue weighted by atomic mass is 10.1. The molecule has 0 saturated carbocycles. The Bertz CT molecular complexity index is 1660. The highest BCUT2D eigenvalue weighted by Crippen LogP contribution is 2.32. The number of aromatic amines is 1. The Morgan fingerprint density at radius 3 is 2.68 bits per heavy atom. The number of nitrogens with one attached hydrogen (secondary N) is 2. The van der Waals surface area contributed by atoms with E-state index >= 15 is 0 Å². The van der Waals surface area contributed by atoms with Gasteiger partial charge in [0.05, 0.1) is 22.5 Å². The van der Waals surface area contributed by atoms with E-state index in [0.29, 0.717) is 15.9 Å². The Morgan fingerprint density at radius 2 is 1.88 bits per heavy atom. The molecule has 3 aromatic carbocycles. The van der Waals surface area contributed by atoms with Crippen molar-refractivity contribution in [3.05, 3.63) is 78.1 Å². The van der Waals surface area contributed by atoms with Gasteiger partial charge >= 0.3 is 0 Å².